The van der Waals surface area contributed by atoms with Crippen molar-refractivity contribution in [3.63, 3.8) is 0 Å². The maximum Gasteiger partial charge on any atom is 0.0257 e. The van der Waals surface area contributed by atoms with Crippen LogP contribution in [0.3, 0.4) is 0 Å². The summed E-state index contributed by atoms with van der Waals surface area (Å²) in [6.07, 6.45) is 8.16. The van der Waals surface area contributed by atoms with Crippen LogP contribution in [0.4, 0.5) is 0 Å². The summed E-state index contributed by atoms with van der Waals surface area (Å²) in [5.41, 5.74) is 3.66. The Balaban J connectivity index is 1.74. The minimum atomic E-state index is 0.690. The highest BCUT2D eigenvalue weighted by Gasteiger charge is 2.25. The molecule has 0 saturated carbocycles. The van der Waals surface area contributed by atoms with E-state index >= 15 is 0 Å². The fourth-order valence-electron chi connectivity index (χ4n) is 3.05. The van der Waals surface area contributed by atoms with Gasteiger partial charge in [0.15, 0.2) is 0 Å². The molecule has 0 bridgehead atoms. The van der Waals surface area contributed by atoms with Crippen molar-refractivity contribution in [2.45, 2.75) is 70.5 Å². The fourth-order valence-corrected chi connectivity index (χ4v) is 3.05. The third-order valence-electron chi connectivity index (χ3n) is 4.13. The Bertz CT molecular complexity index is 191. The topological polar surface area (TPSA) is 27.3 Å². The largest absolute Gasteiger partial charge is 0.313 e. The van der Waals surface area contributed by atoms with Crippen molar-refractivity contribution in [1.29, 1.82) is 0 Å². The maximum atomic E-state index is 3.66. The van der Waals surface area contributed by atoms with Gasteiger partial charge < -0.3 is 5.32 Å². The van der Waals surface area contributed by atoms with E-state index in [0.29, 0.717) is 18.1 Å². The molecule has 0 aromatic rings. The molecule has 0 amide bonds. The molecule has 3 heteroatoms. The molecule has 2 rings (SSSR count). The van der Waals surface area contributed by atoms with E-state index in [1.165, 1.54) is 45.1 Å². The average molecular weight is 225 g/mol. The van der Waals surface area contributed by atoms with E-state index in [2.05, 4.69) is 29.6 Å². The summed E-state index contributed by atoms with van der Waals surface area (Å²) in [4.78, 5) is 0. The molecule has 16 heavy (non-hydrogen) atoms. The molecule has 3 nitrogen and oxygen atoms in total. The molecule has 2 aliphatic rings. The third-order valence-corrected chi connectivity index (χ3v) is 4.13. The first-order valence-corrected chi connectivity index (χ1v) is 7.02. The molecule has 0 aromatic carbocycles. The molecule has 3 atom stereocenters. The zero-order chi connectivity index (χ0) is 11.4. The lowest BCUT2D eigenvalue weighted by Gasteiger charge is -2.40. The Morgan fingerprint density at radius 2 is 1.81 bits per heavy atom. The van der Waals surface area contributed by atoms with E-state index in [4.69, 9.17) is 0 Å². The highest BCUT2D eigenvalue weighted by molar-refractivity contribution is 4.79. The zero-order valence-corrected chi connectivity index (χ0v) is 10.8. The Labute approximate surface area is 99.9 Å². The molecule has 2 saturated heterocycles. The lowest BCUT2D eigenvalue weighted by Crippen LogP contribution is -2.55. The molecule has 0 radical (unpaired) electrons. The van der Waals surface area contributed by atoms with E-state index in [-0.39, 0.29) is 0 Å². The van der Waals surface area contributed by atoms with Gasteiger partial charge in [0, 0.05) is 24.7 Å². The van der Waals surface area contributed by atoms with Crippen LogP contribution < -0.4 is 10.7 Å². The summed E-state index contributed by atoms with van der Waals surface area (Å²) >= 11 is 0. The number of piperidine rings is 2. The highest BCUT2D eigenvalue weighted by Crippen LogP contribution is 2.20. The average Bonchev–Trinajstić information content (AvgIpc) is 2.30. The smallest absolute Gasteiger partial charge is 0.0257 e. The second-order valence-electron chi connectivity index (χ2n) is 5.55. The number of nitrogens with zero attached hydrogens (tertiary/aromatic N) is 1. The van der Waals surface area contributed by atoms with Gasteiger partial charge in [-0.05, 0) is 46.1 Å². The van der Waals surface area contributed by atoms with Crippen molar-refractivity contribution >= 4 is 0 Å². The van der Waals surface area contributed by atoms with E-state index < -0.39 is 0 Å². The number of nitrogens with one attached hydrogen (secondary N) is 2. The predicted molar refractivity (Wildman–Crippen MR) is 68.3 cm³/mol. The minimum Gasteiger partial charge on any atom is -0.313 e. The van der Waals surface area contributed by atoms with Gasteiger partial charge in [0.1, 0.15) is 0 Å². The van der Waals surface area contributed by atoms with E-state index in [9.17, 15) is 0 Å². The van der Waals surface area contributed by atoms with E-state index in [1.54, 1.807) is 0 Å². The number of hydrogen-bond acceptors (Lipinski definition) is 3. The normalized spacial score (nSPS) is 37.5. The maximum absolute atomic E-state index is 3.66. The van der Waals surface area contributed by atoms with Gasteiger partial charge in [0.25, 0.3) is 0 Å². The molecule has 94 valence electrons. The molecule has 2 N–H and O–H groups in total. The predicted octanol–water partition coefficient (Wildman–Crippen LogP) is 1.90. The van der Waals surface area contributed by atoms with Crippen LogP contribution in [0.1, 0.15) is 52.4 Å². The van der Waals surface area contributed by atoms with Crippen LogP contribution in [0, 0.1) is 0 Å². The zero-order valence-electron chi connectivity index (χ0n) is 10.8. The van der Waals surface area contributed by atoms with Crippen molar-refractivity contribution in [3.05, 3.63) is 0 Å². The molecule has 0 spiro atoms. The SMILES string of the molecule is CC1CCCC(C)N1NCC1CCCCN1. The van der Waals surface area contributed by atoms with Crippen LogP contribution in [-0.2, 0) is 0 Å². The monoisotopic (exact) mass is 225 g/mol. The summed E-state index contributed by atoms with van der Waals surface area (Å²) in [7, 11) is 0. The standard InChI is InChI=1S/C13H27N3/c1-11-6-5-7-12(2)16(11)15-10-13-8-3-4-9-14-13/h11-15H,3-10H2,1-2H3. The summed E-state index contributed by atoms with van der Waals surface area (Å²) in [6.45, 7) is 7.00. The number of rotatable bonds is 3. The van der Waals surface area contributed by atoms with Crippen molar-refractivity contribution in [1.82, 2.24) is 15.8 Å². The number of hydrazine groups is 1. The van der Waals surface area contributed by atoms with Crippen LogP contribution in [-0.4, -0.2) is 36.2 Å². The van der Waals surface area contributed by atoms with Crippen molar-refractivity contribution in [2.24, 2.45) is 0 Å². The minimum absolute atomic E-state index is 0.690. The molecule has 2 fully saturated rings. The molecular weight excluding hydrogens is 198 g/mol. The first-order chi connectivity index (χ1) is 7.77. The Morgan fingerprint density at radius 3 is 2.44 bits per heavy atom. The second-order valence-corrected chi connectivity index (χ2v) is 5.55. The van der Waals surface area contributed by atoms with Gasteiger partial charge in [0.05, 0.1) is 0 Å². The van der Waals surface area contributed by atoms with Crippen LogP contribution in [0.25, 0.3) is 0 Å². The summed E-state index contributed by atoms with van der Waals surface area (Å²) < 4.78 is 0. The molecular formula is C13H27N3. The second kappa shape index (κ2) is 5.99. The number of hydrogen-bond donors (Lipinski definition) is 2. The molecule has 2 heterocycles. The third kappa shape index (κ3) is 3.19. The van der Waals surface area contributed by atoms with E-state index in [1.807, 2.05) is 0 Å². The van der Waals surface area contributed by atoms with Gasteiger partial charge in [0.2, 0.25) is 0 Å². The van der Waals surface area contributed by atoms with Gasteiger partial charge in [-0.2, -0.15) is 0 Å². The fraction of sp³-hybridized carbons (Fsp3) is 1.00. The molecule has 3 unspecified atom stereocenters. The summed E-state index contributed by atoms with van der Waals surface area (Å²) in [6, 6.07) is 2.09. The Morgan fingerprint density at radius 1 is 1.06 bits per heavy atom. The van der Waals surface area contributed by atoms with Crippen LogP contribution in [0.5, 0.6) is 0 Å². The lowest BCUT2D eigenvalue weighted by atomic mass is 9.99. The van der Waals surface area contributed by atoms with Crippen molar-refractivity contribution in [2.75, 3.05) is 13.1 Å². The van der Waals surface area contributed by atoms with Gasteiger partial charge in [-0.25, -0.2) is 5.01 Å². The molecule has 0 aliphatic carbocycles. The molecule has 2 aliphatic heterocycles. The summed E-state index contributed by atoms with van der Waals surface area (Å²) in [5.74, 6) is 0. The first kappa shape index (κ1) is 12.3. The van der Waals surface area contributed by atoms with Gasteiger partial charge in [-0.1, -0.05) is 12.8 Å². The highest BCUT2D eigenvalue weighted by atomic mass is 15.5. The van der Waals surface area contributed by atoms with Crippen LogP contribution in [0.2, 0.25) is 0 Å². The van der Waals surface area contributed by atoms with E-state index in [0.717, 1.165) is 6.54 Å². The van der Waals surface area contributed by atoms with Gasteiger partial charge in [-0.3, -0.25) is 5.43 Å². The first-order valence-electron chi connectivity index (χ1n) is 7.02. The van der Waals surface area contributed by atoms with Crippen LogP contribution in [0.15, 0.2) is 0 Å². The van der Waals surface area contributed by atoms with Crippen LogP contribution >= 0.6 is 0 Å². The van der Waals surface area contributed by atoms with Crippen molar-refractivity contribution in [3.8, 4) is 0 Å². The lowest BCUT2D eigenvalue weighted by molar-refractivity contribution is 0.0417. The summed E-state index contributed by atoms with van der Waals surface area (Å²) in [5, 5.41) is 6.09. The van der Waals surface area contributed by atoms with Gasteiger partial charge >= 0.3 is 0 Å². The Kier molecular flexibility index (Phi) is 4.62. The van der Waals surface area contributed by atoms with Gasteiger partial charge in [-0.15, -0.1) is 0 Å². The Hall–Kier alpha value is -0.120. The molecule has 0 aromatic heterocycles. The quantitative estimate of drug-likeness (QED) is 0.768. The van der Waals surface area contributed by atoms with Crippen molar-refractivity contribution < 1.29 is 0 Å².